The maximum Gasteiger partial charge on any atom is 0.0794 e. The summed E-state index contributed by atoms with van der Waals surface area (Å²) in [7, 11) is 0. The van der Waals surface area contributed by atoms with Crippen molar-refractivity contribution < 1.29 is 0 Å². The summed E-state index contributed by atoms with van der Waals surface area (Å²) in [6, 6.07) is 10.8. The van der Waals surface area contributed by atoms with Gasteiger partial charge >= 0.3 is 0 Å². The normalized spacial score (nSPS) is 12.6. The Labute approximate surface area is 129 Å². The summed E-state index contributed by atoms with van der Waals surface area (Å²) >= 11 is 1.71. The Morgan fingerprint density at radius 3 is 2.95 bits per heavy atom. The predicted molar refractivity (Wildman–Crippen MR) is 88.6 cm³/mol. The number of hydrogen-bond donors (Lipinski definition) is 1. The van der Waals surface area contributed by atoms with Gasteiger partial charge in [-0.3, -0.25) is 9.97 Å². The van der Waals surface area contributed by atoms with Crippen molar-refractivity contribution in [3.63, 3.8) is 0 Å². The first-order valence-electron chi connectivity index (χ1n) is 7.33. The number of thiazole rings is 1. The summed E-state index contributed by atoms with van der Waals surface area (Å²) in [6.07, 6.45) is 5.91. The molecule has 21 heavy (non-hydrogen) atoms. The third-order valence-corrected chi connectivity index (χ3v) is 4.37. The molecule has 0 aliphatic carbocycles. The van der Waals surface area contributed by atoms with Crippen molar-refractivity contribution in [2.45, 2.75) is 25.8 Å². The number of aromatic nitrogens is 2. The Morgan fingerprint density at radius 1 is 1.24 bits per heavy atom. The van der Waals surface area contributed by atoms with Crippen LogP contribution in [0.5, 0.6) is 0 Å². The van der Waals surface area contributed by atoms with Crippen LogP contribution in [0.1, 0.15) is 30.0 Å². The van der Waals surface area contributed by atoms with Crippen LogP contribution in [0.2, 0.25) is 0 Å². The van der Waals surface area contributed by atoms with E-state index in [2.05, 4.69) is 52.5 Å². The lowest BCUT2D eigenvalue weighted by Crippen LogP contribution is -2.25. The lowest BCUT2D eigenvalue weighted by Gasteiger charge is -2.19. The number of fused-ring (bicyclic) bond motifs is 1. The van der Waals surface area contributed by atoms with Gasteiger partial charge in [0.15, 0.2) is 0 Å². The van der Waals surface area contributed by atoms with Gasteiger partial charge < -0.3 is 5.32 Å². The molecule has 0 saturated carbocycles. The highest BCUT2D eigenvalue weighted by Crippen LogP contribution is 2.25. The second kappa shape index (κ2) is 6.78. The smallest absolute Gasteiger partial charge is 0.0794 e. The van der Waals surface area contributed by atoms with Crippen LogP contribution in [0.25, 0.3) is 10.8 Å². The monoisotopic (exact) mass is 297 g/mol. The minimum absolute atomic E-state index is 0.233. The van der Waals surface area contributed by atoms with E-state index in [0.717, 1.165) is 25.1 Å². The first kappa shape index (κ1) is 14.2. The lowest BCUT2D eigenvalue weighted by molar-refractivity contribution is 0.524. The number of hydrogen-bond acceptors (Lipinski definition) is 4. The highest BCUT2D eigenvalue weighted by atomic mass is 32.1. The van der Waals surface area contributed by atoms with Crippen molar-refractivity contribution in [3.05, 3.63) is 58.8 Å². The highest BCUT2D eigenvalue weighted by molar-refractivity contribution is 7.09. The van der Waals surface area contributed by atoms with Gasteiger partial charge in [0.2, 0.25) is 0 Å². The molecule has 3 nitrogen and oxygen atoms in total. The van der Waals surface area contributed by atoms with Gasteiger partial charge in [-0.15, -0.1) is 11.3 Å². The van der Waals surface area contributed by atoms with Crippen LogP contribution in [0.15, 0.2) is 48.2 Å². The lowest BCUT2D eigenvalue weighted by atomic mass is 10.0. The Bertz CT molecular complexity index is 689. The number of pyridine rings is 1. The second-order valence-corrected chi connectivity index (χ2v) is 6.07. The molecule has 0 bridgehead atoms. The van der Waals surface area contributed by atoms with Crippen molar-refractivity contribution >= 4 is 22.1 Å². The van der Waals surface area contributed by atoms with Crippen molar-refractivity contribution in [1.29, 1.82) is 0 Å². The Balaban J connectivity index is 1.97. The molecule has 3 aromatic rings. The van der Waals surface area contributed by atoms with Gasteiger partial charge in [0.1, 0.15) is 0 Å². The van der Waals surface area contributed by atoms with Crippen molar-refractivity contribution in [1.82, 2.24) is 15.3 Å². The van der Waals surface area contributed by atoms with Crippen LogP contribution in [0.4, 0.5) is 0 Å². The van der Waals surface area contributed by atoms with E-state index in [9.17, 15) is 0 Å². The van der Waals surface area contributed by atoms with Gasteiger partial charge in [-0.25, -0.2) is 0 Å². The Morgan fingerprint density at radius 2 is 2.14 bits per heavy atom. The van der Waals surface area contributed by atoms with E-state index in [1.807, 2.05) is 17.9 Å². The summed E-state index contributed by atoms with van der Waals surface area (Å²) in [4.78, 5) is 10.1. The van der Waals surface area contributed by atoms with E-state index >= 15 is 0 Å². The van der Waals surface area contributed by atoms with Gasteiger partial charge in [0.05, 0.1) is 17.2 Å². The summed E-state index contributed by atoms with van der Waals surface area (Å²) in [5.74, 6) is 0. The molecule has 2 heterocycles. The Hall–Kier alpha value is -1.78. The molecule has 3 rings (SSSR count). The van der Waals surface area contributed by atoms with Crippen molar-refractivity contribution in [3.8, 4) is 0 Å². The molecule has 0 radical (unpaired) electrons. The van der Waals surface area contributed by atoms with Crippen LogP contribution < -0.4 is 5.32 Å². The molecule has 0 aliphatic rings. The van der Waals surface area contributed by atoms with Crippen LogP contribution in [0.3, 0.4) is 0 Å². The minimum Gasteiger partial charge on any atom is -0.308 e. The van der Waals surface area contributed by atoms with Crippen LogP contribution in [-0.4, -0.2) is 16.5 Å². The predicted octanol–water partition coefficient (Wildman–Crippen LogP) is 3.97. The maximum atomic E-state index is 4.66. The highest BCUT2D eigenvalue weighted by Gasteiger charge is 2.16. The number of nitrogens with zero attached hydrogens (tertiary/aromatic N) is 2. The number of benzene rings is 1. The minimum atomic E-state index is 0.233. The SMILES string of the molecule is CCCNC(Cc1cncs1)c1nccc2ccccc12. The molecule has 0 fully saturated rings. The van der Waals surface area contributed by atoms with E-state index in [0.29, 0.717) is 0 Å². The number of nitrogens with one attached hydrogen (secondary N) is 1. The van der Waals surface area contributed by atoms with Gasteiger partial charge in [-0.1, -0.05) is 31.2 Å². The summed E-state index contributed by atoms with van der Waals surface area (Å²) in [5.41, 5.74) is 3.03. The molecular formula is C17H19N3S. The summed E-state index contributed by atoms with van der Waals surface area (Å²) in [6.45, 7) is 3.18. The average molecular weight is 297 g/mol. The first-order chi connectivity index (χ1) is 10.4. The van der Waals surface area contributed by atoms with Crippen LogP contribution in [-0.2, 0) is 6.42 Å². The molecule has 2 aromatic heterocycles. The fraction of sp³-hybridized carbons (Fsp3) is 0.294. The van der Waals surface area contributed by atoms with E-state index < -0.39 is 0 Å². The average Bonchev–Trinajstić information content (AvgIpc) is 3.04. The van der Waals surface area contributed by atoms with Crippen molar-refractivity contribution in [2.75, 3.05) is 6.54 Å². The summed E-state index contributed by atoms with van der Waals surface area (Å²) < 4.78 is 0. The number of rotatable bonds is 6. The van der Waals surface area contributed by atoms with E-state index in [4.69, 9.17) is 0 Å². The van der Waals surface area contributed by atoms with E-state index in [1.54, 1.807) is 11.3 Å². The second-order valence-electron chi connectivity index (χ2n) is 5.10. The Kier molecular flexibility index (Phi) is 4.58. The molecular weight excluding hydrogens is 278 g/mol. The van der Waals surface area contributed by atoms with E-state index in [-0.39, 0.29) is 6.04 Å². The fourth-order valence-electron chi connectivity index (χ4n) is 2.55. The largest absolute Gasteiger partial charge is 0.308 e. The van der Waals surface area contributed by atoms with Crippen molar-refractivity contribution in [2.24, 2.45) is 0 Å². The van der Waals surface area contributed by atoms with Gasteiger partial charge in [0, 0.05) is 29.1 Å². The van der Waals surface area contributed by atoms with Crippen LogP contribution in [0, 0.1) is 0 Å². The molecule has 0 aliphatic heterocycles. The molecule has 0 saturated heterocycles. The molecule has 1 unspecified atom stereocenters. The third kappa shape index (κ3) is 3.28. The topological polar surface area (TPSA) is 37.8 Å². The molecule has 1 N–H and O–H groups in total. The molecule has 0 spiro atoms. The molecule has 1 aromatic carbocycles. The maximum absolute atomic E-state index is 4.66. The summed E-state index contributed by atoms with van der Waals surface area (Å²) in [5, 5.41) is 6.11. The van der Waals surface area contributed by atoms with Gasteiger partial charge in [-0.2, -0.15) is 0 Å². The van der Waals surface area contributed by atoms with Crippen LogP contribution >= 0.6 is 11.3 Å². The zero-order valence-electron chi connectivity index (χ0n) is 12.1. The quantitative estimate of drug-likeness (QED) is 0.748. The molecule has 1 atom stereocenters. The molecule has 4 heteroatoms. The fourth-order valence-corrected chi connectivity index (χ4v) is 3.19. The zero-order chi connectivity index (χ0) is 14.5. The standard InChI is InChI=1S/C17H19N3S/c1-2-8-19-16(10-14-11-18-12-21-14)17-15-6-4-3-5-13(15)7-9-20-17/h3-7,9,11-12,16,19H,2,8,10H2,1H3. The third-order valence-electron chi connectivity index (χ3n) is 3.56. The first-order valence-corrected chi connectivity index (χ1v) is 8.21. The van der Waals surface area contributed by atoms with Gasteiger partial charge in [-0.05, 0) is 24.4 Å². The molecule has 108 valence electrons. The zero-order valence-corrected chi connectivity index (χ0v) is 12.9. The molecule has 0 amide bonds. The van der Waals surface area contributed by atoms with E-state index in [1.165, 1.54) is 15.6 Å². The van der Waals surface area contributed by atoms with Gasteiger partial charge in [0.25, 0.3) is 0 Å².